The second-order valence-electron chi connectivity index (χ2n) is 5.55. The van der Waals surface area contributed by atoms with Gasteiger partial charge in [0, 0.05) is 5.69 Å². The van der Waals surface area contributed by atoms with E-state index in [9.17, 15) is 18.8 Å². The number of hydrogen-bond acceptors (Lipinski definition) is 6. The molecule has 0 spiro atoms. The van der Waals surface area contributed by atoms with Crippen LogP contribution >= 0.6 is 0 Å². The molecule has 2 unspecified atom stereocenters. The molecule has 27 heavy (non-hydrogen) atoms. The Bertz CT molecular complexity index is 661. The second-order valence-corrected chi connectivity index (χ2v) is 5.55. The van der Waals surface area contributed by atoms with Crippen molar-refractivity contribution >= 4 is 23.5 Å². The SMILES string of the molecule is C=CCOC(C)C(=O)OC(C)C(=O)N(CC(=O)OCC)c1ccc(F)cc1. The fourth-order valence-corrected chi connectivity index (χ4v) is 2.07. The number of nitrogens with zero attached hydrogens (tertiary/aromatic N) is 1. The summed E-state index contributed by atoms with van der Waals surface area (Å²) in [6.07, 6.45) is -0.595. The number of amides is 1. The number of anilines is 1. The van der Waals surface area contributed by atoms with Crippen molar-refractivity contribution in [2.45, 2.75) is 33.0 Å². The summed E-state index contributed by atoms with van der Waals surface area (Å²) in [4.78, 5) is 37.6. The molecule has 8 heteroatoms. The van der Waals surface area contributed by atoms with Gasteiger partial charge in [0.2, 0.25) is 0 Å². The molecular weight excluding hydrogens is 357 g/mol. The maximum absolute atomic E-state index is 13.2. The molecule has 0 bridgehead atoms. The van der Waals surface area contributed by atoms with Gasteiger partial charge in [0.1, 0.15) is 12.4 Å². The van der Waals surface area contributed by atoms with Gasteiger partial charge < -0.3 is 14.2 Å². The van der Waals surface area contributed by atoms with Crippen molar-refractivity contribution in [2.75, 3.05) is 24.7 Å². The second kappa shape index (κ2) is 11.1. The van der Waals surface area contributed by atoms with Crippen LogP contribution in [-0.4, -0.2) is 49.8 Å². The quantitative estimate of drug-likeness (QED) is 0.457. The Kier molecular flexibility index (Phi) is 9.15. The van der Waals surface area contributed by atoms with E-state index >= 15 is 0 Å². The molecule has 0 aliphatic heterocycles. The number of hydrogen-bond donors (Lipinski definition) is 0. The Morgan fingerprint density at radius 1 is 1.19 bits per heavy atom. The number of halogens is 1. The number of benzene rings is 1. The molecule has 0 aromatic heterocycles. The van der Waals surface area contributed by atoms with E-state index in [1.807, 2.05) is 0 Å². The van der Waals surface area contributed by atoms with Crippen LogP contribution in [0.4, 0.5) is 10.1 Å². The minimum atomic E-state index is -1.19. The van der Waals surface area contributed by atoms with Gasteiger partial charge in [-0.3, -0.25) is 14.5 Å². The summed E-state index contributed by atoms with van der Waals surface area (Å²) < 4.78 is 28.3. The fourth-order valence-electron chi connectivity index (χ4n) is 2.07. The van der Waals surface area contributed by atoms with Crippen molar-refractivity contribution in [1.29, 1.82) is 0 Å². The monoisotopic (exact) mass is 381 g/mol. The van der Waals surface area contributed by atoms with Crippen molar-refractivity contribution in [1.82, 2.24) is 0 Å². The summed E-state index contributed by atoms with van der Waals surface area (Å²) in [6, 6.07) is 5.00. The standard InChI is InChI=1S/C19H24FNO6/c1-5-11-26-14(4)19(24)27-13(3)18(23)21(12-17(22)25-6-2)16-9-7-15(20)8-10-16/h5,7-10,13-14H,1,6,11-12H2,2-4H3. The van der Waals surface area contributed by atoms with Crippen LogP contribution in [0.5, 0.6) is 0 Å². The lowest BCUT2D eigenvalue weighted by Gasteiger charge is -2.25. The van der Waals surface area contributed by atoms with Gasteiger partial charge in [0.05, 0.1) is 13.2 Å². The van der Waals surface area contributed by atoms with Crippen LogP contribution in [0.2, 0.25) is 0 Å². The highest BCUT2D eigenvalue weighted by Crippen LogP contribution is 2.17. The molecule has 0 aliphatic carbocycles. The number of carbonyl (C=O) groups excluding carboxylic acids is 3. The van der Waals surface area contributed by atoms with E-state index in [1.165, 1.54) is 32.1 Å². The topological polar surface area (TPSA) is 82.1 Å². The highest BCUT2D eigenvalue weighted by molar-refractivity contribution is 6.00. The molecule has 0 heterocycles. The number of carbonyl (C=O) groups is 3. The Labute approximate surface area is 157 Å². The van der Waals surface area contributed by atoms with Crippen LogP contribution in [0, 0.1) is 5.82 Å². The van der Waals surface area contributed by atoms with Crippen LogP contribution in [-0.2, 0) is 28.6 Å². The summed E-state index contributed by atoms with van der Waals surface area (Å²) >= 11 is 0. The lowest BCUT2D eigenvalue weighted by molar-refractivity contribution is -0.163. The summed E-state index contributed by atoms with van der Waals surface area (Å²) in [6.45, 7) is 7.88. The van der Waals surface area contributed by atoms with Crippen LogP contribution in [0.15, 0.2) is 36.9 Å². The van der Waals surface area contributed by atoms with E-state index in [0.29, 0.717) is 0 Å². The minimum absolute atomic E-state index is 0.146. The predicted octanol–water partition coefficient (Wildman–Crippen LogP) is 2.24. The first kappa shape index (κ1) is 22.3. The third-order valence-corrected chi connectivity index (χ3v) is 3.43. The zero-order valence-corrected chi connectivity index (χ0v) is 15.6. The fraction of sp³-hybridized carbons (Fsp3) is 0.421. The lowest BCUT2D eigenvalue weighted by Crippen LogP contribution is -2.44. The van der Waals surface area contributed by atoms with Gasteiger partial charge in [-0.15, -0.1) is 6.58 Å². The van der Waals surface area contributed by atoms with E-state index in [0.717, 1.165) is 17.0 Å². The van der Waals surface area contributed by atoms with Crippen molar-refractivity contribution in [3.05, 3.63) is 42.7 Å². The molecule has 148 valence electrons. The Hall–Kier alpha value is -2.74. The molecule has 1 rings (SSSR count). The normalized spacial score (nSPS) is 12.6. The largest absolute Gasteiger partial charge is 0.465 e. The van der Waals surface area contributed by atoms with Gasteiger partial charge in [-0.25, -0.2) is 9.18 Å². The maximum atomic E-state index is 13.2. The first-order chi connectivity index (χ1) is 12.8. The first-order valence-corrected chi connectivity index (χ1v) is 8.45. The Morgan fingerprint density at radius 2 is 1.81 bits per heavy atom. The third kappa shape index (κ3) is 7.18. The van der Waals surface area contributed by atoms with Gasteiger partial charge >= 0.3 is 11.9 Å². The smallest absolute Gasteiger partial charge is 0.335 e. The van der Waals surface area contributed by atoms with E-state index < -0.39 is 42.4 Å². The van der Waals surface area contributed by atoms with Crippen LogP contribution in [0.1, 0.15) is 20.8 Å². The number of esters is 2. The van der Waals surface area contributed by atoms with Gasteiger partial charge in [0.25, 0.3) is 5.91 Å². The number of ether oxygens (including phenoxy) is 3. The van der Waals surface area contributed by atoms with E-state index in [1.54, 1.807) is 6.92 Å². The van der Waals surface area contributed by atoms with Crippen LogP contribution < -0.4 is 4.90 Å². The molecule has 2 atom stereocenters. The molecule has 0 saturated carbocycles. The summed E-state index contributed by atoms with van der Waals surface area (Å²) in [5.74, 6) is -2.52. The van der Waals surface area contributed by atoms with Crippen molar-refractivity contribution in [3.8, 4) is 0 Å². The highest BCUT2D eigenvalue weighted by atomic mass is 19.1. The predicted molar refractivity (Wildman–Crippen MR) is 96.6 cm³/mol. The summed E-state index contributed by atoms with van der Waals surface area (Å²) in [5.41, 5.74) is 0.272. The van der Waals surface area contributed by atoms with Crippen molar-refractivity contribution in [2.24, 2.45) is 0 Å². The van der Waals surface area contributed by atoms with E-state index in [2.05, 4.69) is 6.58 Å². The molecule has 0 N–H and O–H groups in total. The zero-order valence-electron chi connectivity index (χ0n) is 15.6. The first-order valence-electron chi connectivity index (χ1n) is 8.45. The Morgan fingerprint density at radius 3 is 2.37 bits per heavy atom. The van der Waals surface area contributed by atoms with Crippen LogP contribution in [0.3, 0.4) is 0 Å². The summed E-state index contributed by atoms with van der Waals surface area (Å²) in [7, 11) is 0. The highest BCUT2D eigenvalue weighted by Gasteiger charge is 2.29. The molecule has 1 aromatic rings. The Balaban J connectivity index is 2.90. The van der Waals surface area contributed by atoms with Crippen molar-refractivity contribution < 1.29 is 33.0 Å². The molecule has 1 amide bonds. The molecule has 7 nitrogen and oxygen atoms in total. The zero-order chi connectivity index (χ0) is 20.4. The molecule has 0 aliphatic rings. The van der Waals surface area contributed by atoms with Gasteiger partial charge in [0.15, 0.2) is 12.2 Å². The minimum Gasteiger partial charge on any atom is -0.465 e. The third-order valence-electron chi connectivity index (χ3n) is 3.43. The van der Waals surface area contributed by atoms with Crippen LogP contribution in [0.25, 0.3) is 0 Å². The van der Waals surface area contributed by atoms with Crippen molar-refractivity contribution in [3.63, 3.8) is 0 Å². The summed E-state index contributed by atoms with van der Waals surface area (Å²) in [5, 5.41) is 0. The van der Waals surface area contributed by atoms with E-state index in [-0.39, 0.29) is 18.9 Å². The molecular formula is C19H24FNO6. The van der Waals surface area contributed by atoms with Gasteiger partial charge in [-0.2, -0.15) is 0 Å². The molecule has 0 radical (unpaired) electrons. The molecule has 0 saturated heterocycles. The molecule has 0 fully saturated rings. The average molecular weight is 381 g/mol. The molecule has 1 aromatic carbocycles. The lowest BCUT2D eigenvalue weighted by atomic mass is 10.2. The average Bonchev–Trinajstić information content (AvgIpc) is 2.64. The van der Waals surface area contributed by atoms with Gasteiger partial charge in [-0.05, 0) is 45.0 Å². The maximum Gasteiger partial charge on any atom is 0.335 e. The van der Waals surface area contributed by atoms with Gasteiger partial charge in [-0.1, -0.05) is 6.08 Å². The number of rotatable bonds is 10. The van der Waals surface area contributed by atoms with E-state index in [4.69, 9.17) is 14.2 Å².